The lowest BCUT2D eigenvalue weighted by Crippen LogP contribution is -2.34. The molecule has 3 heterocycles. The average molecular weight is 467 g/mol. The first kappa shape index (κ1) is 22.4. The first-order valence-electron chi connectivity index (χ1n) is 11.7. The molecule has 0 aliphatic heterocycles. The molecule has 0 amide bonds. The van der Waals surface area contributed by atoms with Crippen molar-refractivity contribution in [2.45, 2.75) is 39.7 Å². The first-order valence-corrected chi connectivity index (χ1v) is 11.7. The summed E-state index contributed by atoms with van der Waals surface area (Å²) in [5.41, 5.74) is 6.12. The molecular formula is C26H26N8O. The van der Waals surface area contributed by atoms with Crippen molar-refractivity contribution in [1.82, 2.24) is 35.3 Å². The zero-order chi connectivity index (χ0) is 24.2. The normalized spacial score (nSPS) is 11.1. The number of imidazole rings is 1. The van der Waals surface area contributed by atoms with Gasteiger partial charge in [-0.05, 0) is 46.2 Å². The van der Waals surface area contributed by atoms with E-state index in [0.717, 1.165) is 47.3 Å². The van der Waals surface area contributed by atoms with Crippen LogP contribution in [0.4, 0.5) is 0 Å². The summed E-state index contributed by atoms with van der Waals surface area (Å²) in [5, 5.41) is 30.5. The second-order valence-corrected chi connectivity index (χ2v) is 8.52. The standard InChI is InChI=1S/C26H26N8O/c1-3-4-5-25-27-23(24-15-6-18(2)30-34(24)35)17-33(25)16-19-7-9-20(10-8-19)21-11-13-22(14-12-21)26-28-31-32-29-26/h6-15,17H,3-5,16H2,1-2H3,(H,28,29,31,32). The van der Waals surface area contributed by atoms with E-state index in [0.29, 0.717) is 34.3 Å². The van der Waals surface area contributed by atoms with E-state index in [1.54, 1.807) is 13.0 Å². The molecule has 0 bridgehead atoms. The number of aromatic amines is 1. The Kier molecular flexibility index (Phi) is 6.30. The van der Waals surface area contributed by atoms with E-state index < -0.39 is 0 Å². The second kappa shape index (κ2) is 9.84. The number of aromatic nitrogens is 8. The van der Waals surface area contributed by atoms with Gasteiger partial charge in [-0.15, -0.1) is 10.2 Å². The van der Waals surface area contributed by atoms with Crippen LogP contribution in [0, 0.1) is 12.1 Å². The van der Waals surface area contributed by atoms with Crippen LogP contribution in [0.2, 0.25) is 0 Å². The van der Waals surface area contributed by atoms with Gasteiger partial charge in [0.15, 0.2) is 5.69 Å². The van der Waals surface area contributed by atoms with Crippen molar-refractivity contribution in [3.63, 3.8) is 0 Å². The molecule has 0 fully saturated rings. The number of H-pyrrole nitrogens is 1. The number of hydrogen-bond donors (Lipinski definition) is 1. The van der Waals surface area contributed by atoms with Crippen LogP contribution in [0.3, 0.4) is 0 Å². The van der Waals surface area contributed by atoms with Crippen molar-refractivity contribution < 1.29 is 4.85 Å². The Morgan fingerprint density at radius 2 is 1.66 bits per heavy atom. The zero-order valence-corrected chi connectivity index (χ0v) is 19.7. The number of nitrogens with zero attached hydrogens (tertiary/aromatic N) is 7. The molecule has 5 rings (SSSR count). The fraction of sp³-hybridized carbons (Fsp3) is 0.231. The van der Waals surface area contributed by atoms with Crippen molar-refractivity contribution in [3.05, 3.63) is 89.1 Å². The molecule has 0 unspecified atom stereocenters. The van der Waals surface area contributed by atoms with Crippen LogP contribution in [-0.4, -0.2) is 35.3 Å². The highest BCUT2D eigenvalue weighted by Gasteiger charge is 2.17. The number of rotatable bonds is 8. The van der Waals surface area contributed by atoms with Gasteiger partial charge in [-0.1, -0.05) is 61.9 Å². The number of hydrogen-bond acceptors (Lipinski definition) is 6. The Morgan fingerprint density at radius 3 is 2.31 bits per heavy atom. The lowest BCUT2D eigenvalue weighted by atomic mass is 10.0. The van der Waals surface area contributed by atoms with Crippen LogP contribution < -0.4 is 4.85 Å². The fourth-order valence-electron chi connectivity index (χ4n) is 4.02. The van der Waals surface area contributed by atoms with Gasteiger partial charge in [-0.25, -0.2) is 4.98 Å². The van der Waals surface area contributed by atoms with Crippen molar-refractivity contribution in [1.29, 1.82) is 0 Å². The third-order valence-electron chi connectivity index (χ3n) is 5.94. The van der Waals surface area contributed by atoms with Crippen molar-refractivity contribution in [3.8, 4) is 33.9 Å². The molecule has 0 spiro atoms. The van der Waals surface area contributed by atoms with Crippen LogP contribution in [0.25, 0.3) is 33.9 Å². The molecule has 0 aliphatic carbocycles. The summed E-state index contributed by atoms with van der Waals surface area (Å²) < 4.78 is 2.14. The molecule has 1 N–H and O–H groups in total. The molecule has 2 aromatic carbocycles. The van der Waals surface area contributed by atoms with E-state index in [2.05, 4.69) is 73.6 Å². The van der Waals surface area contributed by atoms with Gasteiger partial charge >= 0.3 is 0 Å². The zero-order valence-electron chi connectivity index (χ0n) is 19.7. The van der Waals surface area contributed by atoms with Crippen LogP contribution >= 0.6 is 0 Å². The van der Waals surface area contributed by atoms with Gasteiger partial charge in [-0.2, -0.15) is 5.21 Å². The molecule has 9 heteroatoms. The van der Waals surface area contributed by atoms with Gasteiger partial charge in [0.25, 0.3) is 5.69 Å². The number of tetrazole rings is 1. The molecule has 5 aromatic rings. The molecule has 0 saturated carbocycles. The number of aryl methyl sites for hydroxylation is 2. The summed E-state index contributed by atoms with van der Waals surface area (Å²) in [4.78, 5) is 5.44. The predicted molar refractivity (Wildman–Crippen MR) is 132 cm³/mol. The molecule has 35 heavy (non-hydrogen) atoms. The molecule has 0 radical (unpaired) electrons. The number of benzene rings is 2. The van der Waals surface area contributed by atoms with Crippen molar-refractivity contribution >= 4 is 0 Å². The molecule has 176 valence electrons. The van der Waals surface area contributed by atoms with Crippen LogP contribution in [-0.2, 0) is 13.0 Å². The molecule has 0 saturated heterocycles. The van der Waals surface area contributed by atoms with E-state index in [9.17, 15) is 5.21 Å². The van der Waals surface area contributed by atoms with Gasteiger partial charge in [0, 0.05) is 35.9 Å². The Balaban J connectivity index is 1.37. The Morgan fingerprint density at radius 1 is 0.943 bits per heavy atom. The summed E-state index contributed by atoms with van der Waals surface area (Å²) in [7, 11) is 0. The fourth-order valence-corrected chi connectivity index (χ4v) is 4.02. The maximum atomic E-state index is 12.3. The lowest BCUT2D eigenvalue weighted by Gasteiger charge is -2.09. The van der Waals surface area contributed by atoms with E-state index in [1.807, 2.05) is 24.4 Å². The van der Waals surface area contributed by atoms with Crippen molar-refractivity contribution in [2.75, 3.05) is 0 Å². The molecule has 9 nitrogen and oxygen atoms in total. The topological polar surface area (TPSA) is 112 Å². The average Bonchev–Trinajstić information content (AvgIpc) is 3.54. The van der Waals surface area contributed by atoms with Crippen molar-refractivity contribution in [2.24, 2.45) is 0 Å². The maximum absolute atomic E-state index is 12.3. The minimum Gasteiger partial charge on any atom is -0.594 e. The SMILES string of the molecule is CCCCc1nc(-c2ccc(C)n[n+]2[O-])cn1Cc1ccc(-c2ccc(-c3nn[nH]n3)cc2)cc1. The number of unbranched alkanes of at least 4 members (excludes halogenated alkanes) is 1. The Labute approximate surface area is 203 Å². The van der Waals surface area contributed by atoms with Gasteiger partial charge in [-0.3, -0.25) is 0 Å². The van der Waals surface area contributed by atoms with E-state index in [1.165, 1.54) is 0 Å². The highest BCUT2D eigenvalue weighted by atomic mass is 16.5. The minimum absolute atomic E-state index is 0.465. The van der Waals surface area contributed by atoms with Crippen LogP contribution in [0.1, 0.15) is 36.8 Å². The van der Waals surface area contributed by atoms with E-state index >= 15 is 0 Å². The molecule has 0 atom stereocenters. The first-order chi connectivity index (χ1) is 17.1. The third-order valence-corrected chi connectivity index (χ3v) is 5.94. The number of nitrogens with one attached hydrogen (secondary N) is 1. The summed E-state index contributed by atoms with van der Waals surface area (Å²) >= 11 is 0. The highest BCUT2D eigenvalue weighted by Crippen LogP contribution is 2.24. The van der Waals surface area contributed by atoms with Gasteiger partial charge in [0.1, 0.15) is 11.5 Å². The minimum atomic E-state index is 0.465. The predicted octanol–water partition coefficient (Wildman–Crippen LogP) is 4.12. The Bertz CT molecular complexity index is 1410. The third kappa shape index (κ3) is 4.93. The summed E-state index contributed by atoms with van der Waals surface area (Å²) in [6, 6.07) is 20.2. The van der Waals surface area contributed by atoms with E-state index in [4.69, 9.17) is 4.98 Å². The lowest BCUT2D eigenvalue weighted by molar-refractivity contribution is -0.658. The monoisotopic (exact) mass is 466 g/mol. The second-order valence-electron chi connectivity index (χ2n) is 8.52. The van der Waals surface area contributed by atoms with Gasteiger partial charge in [0.2, 0.25) is 5.82 Å². The van der Waals surface area contributed by atoms with E-state index in [-0.39, 0.29) is 0 Å². The van der Waals surface area contributed by atoms with Gasteiger partial charge in [0.05, 0.1) is 0 Å². The van der Waals surface area contributed by atoms with Crippen LogP contribution in [0.15, 0.2) is 66.9 Å². The summed E-state index contributed by atoms with van der Waals surface area (Å²) in [5.74, 6) is 1.55. The molecule has 0 aliphatic rings. The largest absolute Gasteiger partial charge is 0.594 e. The summed E-state index contributed by atoms with van der Waals surface area (Å²) in [6.45, 7) is 4.65. The Hall–Kier alpha value is -4.40. The highest BCUT2D eigenvalue weighted by molar-refractivity contribution is 5.67. The molecule has 3 aromatic heterocycles. The quantitative estimate of drug-likeness (QED) is 0.272. The summed E-state index contributed by atoms with van der Waals surface area (Å²) in [6.07, 6.45) is 4.94. The smallest absolute Gasteiger partial charge is 0.271 e. The van der Waals surface area contributed by atoms with Gasteiger partial charge < -0.3 is 9.77 Å². The maximum Gasteiger partial charge on any atom is 0.271 e. The van der Waals surface area contributed by atoms with Crippen LogP contribution in [0.5, 0.6) is 0 Å². The molecular weight excluding hydrogens is 440 g/mol.